The molecule has 0 aliphatic carbocycles. The van der Waals surface area contributed by atoms with Crippen molar-refractivity contribution in [2.24, 2.45) is 0 Å². The number of methoxy groups -OCH3 is 1. The second-order valence-corrected chi connectivity index (χ2v) is 5.55. The van der Waals surface area contributed by atoms with E-state index in [1.54, 1.807) is 0 Å². The number of esters is 1. The fourth-order valence-corrected chi connectivity index (χ4v) is 2.65. The highest BCUT2D eigenvalue weighted by atomic mass is 16.5. The van der Waals surface area contributed by atoms with E-state index in [1.165, 1.54) is 7.11 Å². The monoisotopic (exact) mass is 276 g/mol. The Labute approximate surface area is 121 Å². The Morgan fingerprint density at radius 3 is 2.45 bits per heavy atom. The minimum atomic E-state index is -0.249. The van der Waals surface area contributed by atoms with Crippen LogP contribution >= 0.6 is 0 Å². The molecule has 4 heteroatoms. The topological polar surface area (TPSA) is 32.8 Å². The van der Waals surface area contributed by atoms with Crippen LogP contribution in [0.2, 0.25) is 0 Å². The molecule has 0 radical (unpaired) electrons. The average Bonchev–Trinajstić information content (AvgIpc) is 2.47. The van der Waals surface area contributed by atoms with Gasteiger partial charge in [-0.25, -0.2) is 4.79 Å². The van der Waals surface area contributed by atoms with Gasteiger partial charge in [-0.2, -0.15) is 0 Å². The lowest BCUT2D eigenvalue weighted by Crippen LogP contribution is -2.48. The van der Waals surface area contributed by atoms with Gasteiger partial charge >= 0.3 is 5.97 Å². The summed E-state index contributed by atoms with van der Waals surface area (Å²) in [5.74, 6) is -0.249. The van der Waals surface area contributed by atoms with E-state index < -0.39 is 0 Å². The predicted octanol–water partition coefficient (Wildman–Crippen LogP) is 2.00. The van der Waals surface area contributed by atoms with Crippen LogP contribution in [0.1, 0.15) is 29.8 Å². The highest BCUT2D eigenvalue weighted by molar-refractivity contribution is 5.90. The molecule has 1 aliphatic heterocycles. The zero-order chi connectivity index (χ0) is 14.5. The lowest BCUT2D eigenvalue weighted by atomic mass is 10.1. The number of carbonyl (C=O) groups is 1. The molecule has 1 aliphatic rings. The van der Waals surface area contributed by atoms with Crippen LogP contribution < -0.4 is 0 Å². The second kappa shape index (κ2) is 6.86. The van der Waals surface area contributed by atoms with Crippen molar-refractivity contribution in [3.05, 3.63) is 35.4 Å². The molecule has 0 bridgehead atoms. The lowest BCUT2D eigenvalue weighted by molar-refractivity contribution is 0.0596. The van der Waals surface area contributed by atoms with E-state index in [0.29, 0.717) is 11.6 Å². The summed E-state index contributed by atoms with van der Waals surface area (Å²) in [5, 5.41) is 0. The van der Waals surface area contributed by atoms with E-state index in [-0.39, 0.29) is 5.97 Å². The fraction of sp³-hybridized carbons (Fsp3) is 0.562. The van der Waals surface area contributed by atoms with Crippen molar-refractivity contribution in [3.8, 4) is 0 Å². The first-order valence-corrected chi connectivity index (χ1v) is 7.24. The first-order chi connectivity index (χ1) is 9.61. The standard InChI is InChI=1S/C16H24N2O2/c1-13(2)18-10-8-17(9-11-18)12-14-6-4-5-7-15(14)16(19)20-3/h4-7,13H,8-12H2,1-3H3. The van der Waals surface area contributed by atoms with Crippen LogP contribution in [0.5, 0.6) is 0 Å². The SMILES string of the molecule is COC(=O)c1ccccc1CN1CCN(C(C)C)CC1. The molecule has 0 N–H and O–H groups in total. The summed E-state index contributed by atoms with van der Waals surface area (Å²) in [7, 11) is 1.43. The van der Waals surface area contributed by atoms with Gasteiger partial charge in [0.1, 0.15) is 0 Å². The Hall–Kier alpha value is -1.39. The summed E-state index contributed by atoms with van der Waals surface area (Å²) in [6.07, 6.45) is 0. The number of hydrogen-bond acceptors (Lipinski definition) is 4. The molecule has 0 amide bonds. The average molecular weight is 276 g/mol. The molecule has 20 heavy (non-hydrogen) atoms. The number of nitrogens with zero attached hydrogens (tertiary/aromatic N) is 2. The fourth-order valence-electron chi connectivity index (χ4n) is 2.65. The summed E-state index contributed by atoms with van der Waals surface area (Å²) in [6.45, 7) is 9.58. The molecule has 110 valence electrons. The van der Waals surface area contributed by atoms with Crippen molar-refractivity contribution in [2.45, 2.75) is 26.4 Å². The van der Waals surface area contributed by atoms with Crippen LogP contribution in [-0.2, 0) is 11.3 Å². The third-order valence-corrected chi connectivity index (χ3v) is 3.95. The minimum Gasteiger partial charge on any atom is -0.465 e. The summed E-state index contributed by atoms with van der Waals surface area (Å²) < 4.78 is 4.85. The molecule has 1 aromatic rings. The van der Waals surface area contributed by atoms with Crippen LogP contribution in [-0.4, -0.2) is 55.1 Å². The van der Waals surface area contributed by atoms with Crippen LogP contribution in [0, 0.1) is 0 Å². The zero-order valence-electron chi connectivity index (χ0n) is 12.6. The van der Waals surface area contributed by atoms with Crippen LogP contribution in [0.3, 0.4) is 0 Å². The Kier molecular flexibility index (Phi) is 5.15. The van der Waals surface area contributed by atoms with E-state index in [0.717, 1.165) is 38.3 Å². The summed E-state index contributed by atoms with van der Waals surface area (Å²) >= 11 is 0. The summed E-state index contributed by atoms with van der Waals surface area (Å²) in [4.78, 5) is 16.7. The van der Waals surface area contributed by atoms with E-state index in [1.807, 2.05) is 24.3 Å². The molecular formula is C16H24N2O2. The minimum absolute atomic E-state index is 0.249. The molecule has 0 spiro atoms. The van der Waals surface area contributed by atoms with Gasteiger partial charge in [0.15, 0.2) is 0 Å². The molecule has 4 nitrogen and oxygen atoms in total. The van der Waals surface area contributed by atoms with Crippen LogP contribution in [0.4, 0.5) is 0 Å². The number of rotatable bonds is 4. The molecule has 1 fully saturated rings. The van der Waals surface area contributed by atoms with Crippen molar-refractivity contribution < 1.29 is 9.53 Å². The van der Waals surface area contributed by atoms with E-state index in [2.05, 4.69) is 23.6 Å². The van der Waals surface area contributed by atoms with Gasteiger partial charge in [0, 0.05) is 38.8 Å². The number of benzene rings is 1. The summed E-state index contributed by atoms with van der Waals surface area (Å²) in [6, 6.07) is 8.32. The van der Waals surface area contributed by atoms with Crippen molar-refractivity contribution in [1.29, 1.82) is 0 Å². The van der Waals surface area contributed by atoms with Gasteiger partial charge in [0.25, 0.3) is 0 Å². The maximum atomic E-state index is 11.8. The third kappa shape index (κ3) is 3.58. The lowest BCUT2D eigenvalue weighted by Gasteiger charge is -2.37. The third-order valence-electron chi connectivity index (χ3n) is 3.95. The molecule has 0 saturated carbocycles. The van der Waals surface area contributed by atoms with Gasteiger partial charge in [-0.15, -0.1) is 0 Å². The number of hydrogen-bond donors (Lipinski definition) is 0. The number of carbonyl (C=O) groups excluding carboxylic acids is 1. The van der Waals surface area contributed by atoms with Gasteiger partial charge < -0.3 is 4.74 Å². The normalized spacial score (nSPS) is 17.4. The first kappa shape index (κ1) is 15.0. The van der Waals surface area contributed by atoms with Gasteiger partial charge in [-0.3, -0.25) is 9.80 Å². The number of ether oxygens (including phenoxy) is 1. The molecule has 0 aromatic heterocycles. The predicted molar refractivity (Wildman–Crippen MR) is 79.8 cm³/mol. The van der Waals surface area contributed by atoms with Gasteiger partial charge in [-0.05, 0) is 25.5 Å². The number of piperazine rings is 1. The quantitative estimate of drug-likeness (QED) is 0.788. The van der Waals surface area contributed by atoms with E-state index in [9.17, 15) is 4.79 Å². The highest BCUT2D eigenvalue weighted by Crippen LogP contribution is 2.15. The van der Waals surface area contributed by atoms with Crippen molar-refractivity contribution >= 4 is 5.97 Å². The largest absolute Gasteiger partial charge is 0.465 e. The molecule has 0 unspecified atom stereocenters. The Bertz CT molecular complexity index is 452. The Morgan fingerprint density at radius 1 is 1.20 bits per heavy atom. The van der Waals surface area contributed by atoms with Gasteiger partial charge in [0.05, 0.1) is 12.7 Å². The zero-order valence-corrected chi connectivity index (χ0v) is 12.6. The maximum absolute atomic E-state index is 11.8. The highest BCUT2D eigenvalue weighted by Gasteiger charge is 2.20. The van der Waals surface area contributed by atoms with Gasteiger partial charge in [-0.1, -0.05) is 18.2 Å². The van der Waals surface area contributed by atoms with Crippen molar-refractivity contribution in [1.82, 2.24) is 9.80 Å². The molecule has 2 rings (SSSR count). The van der Waals surface area contributed by atoms with Crippen LogP contribution in [0.15, 0.2) is 24.3 Å². The molecule has 1 aromatic carbocycles. The molecule has 0 atom stereocenters. The molecule has 1 saturated heterocycles. The maximum Gasteiger partial charge on any atom is 0.338 e. The van der Waals surface area contributed by atoms with Gasteiger partial charge in [0.2, 0.25) is 0 Å². The Balaban J connectivity index is 1.99. The molecule has 1 heterocycles. The second-order valence-electron chi connectivity index (χ2n) is 5.55. The van der Waals surface area contributed by atoms with Crippen LogP contribution in [0.25, 0.3) is 0 Å². The van der Waals surface area contributed by atoms with E-state index in [4.69, 9.17) is 4.74 Å². The van der Waals surface area contributed by atoms with E-state index >= 15 is 0 Å². The molecular weight excluding hydrogens is 252 g/mol. The first-order valence-electron chi connectivity index (χ1n) is 7.24. The van der Waals surface area contributed by atoms with Crippen molar-refractivity contribution in [2.75, 3.05) is 33.3 Å². The summed E-state index contributed by atoms with van der Waals surface area (Å²) in [5.41, 5.74) is 1.73. The van der Waals surface area contributed by atoms with Crippen molar-refractivity contribution in [3.63, 3.8) is 0 Å². The Morgan fingerprint density at radius 2 is 1.85 bits per heavy atom. The smallest absolute Gasteiger partial charge is 0.338 e.